The van der Waals surface area contributed by atoms with Crippen molar-refractivity contribution in [1.82, 2.24) is 15.5 Å². The summed E-state index contributed by atoms with van der Waals surface area (Å²) in [7, 11) is 0. The van der Waals surface area contributed by atoms with Gasteiger partial charge in [-0.25, -0.2) is 0 Å². The number of hydrogen-bond donors (Lipinski definition) is 2. The van der Waals surface area contributed by atoms with E-state index in [1.165, 1.54) is 11.1 Å². The van der Waals surface area contributed by atoms with E-state index in [2.05, 4.69) is 41.8 Å². The second kappa shape index (κ2) is 10.6. The maximum atomic E-state index is 12.5. The summed E-state index contributed by atoms with van der Waals surface area (Å²) >= 11 is 0. The van der Waals surface area contributed by atoms with E-state index >= 15 is 0 Å². The Hall–Kier alpha value is -3.15. The number of nitrogens with zero attached hydrogens (tertiary/aromatic N) is 1. The number of aryl methyl sites for hydroxylation is 2. The van der Waals surface area contributed by atoms with Crippen LogP contribution in [-0.4, -0.2) is 48.3 Å². The number of piperidine rings is 1. The molecule has 0 radical (unpaired) electrons. The molecule has 0 aliphatic carbocycles. The third-order valence-electron chi connectivity index (χ3n) is 5.41. The molecule has 3 rings (SSSR count). The fraction of sp³-hybridized carbons (Fsp3) is 0.375. The van der Waals surface area contributed by atoms with Gasteiger partial charge in [0.1, 0.15) is 0 Å². The molecule has 2 N–H and O–H groups in total. The monoisotopic (exact) mass is 407 g/mol. The van der Waals surface area contributed by atoms with Gasteiger partial charge in [-0.1, -0.05) is 48.0 Å². The SMILES string of the molecule is Cc1ccc(CCC(=O)N2CCC(NC(=O)CNC(=O)c3ccccc3)CC2)cc1. The fourth-order valence-electron chi connectivity index (χ4n) is 3.57. The summed E-state index contributed by atoms with van der Waals surface area (Å²) in [5, 5.41) is 5.59. The van der Waals surface area contributed by atoms with Gasteiger partial charge in [-0.2, -0.15) is 0 Å². The molecule has 0 bridgehead atoms. The molecule has 6 nitrogen and oxygen atoms in total. The predicted molar refractivity (Wildman–Crippen MR) is 116 cm³/mol. The lowest BCUT2D eigenvalue weighted by Crippen LogP contribution is -2.48. The highest BCUT2D eigenvalue weighted by molar-refractivity contribution is 5.96. The topological polar surface area (TPSA) is 78.5 Å². The fourth-order valence-corrected chi connectivity index (χ4v) is 3.57. The standard InChI is InChI=1S/C24H29N3O3/c1-18-7-9-19(10-8-18)11-12-23(29)27-15-13-21(14-16-27)26-22(28)17-25-24(30)20-5-3-2-4-6-20/h2-10,21H,11-17H2,1H3,(H,25,30)(H,26,28). The van der Waals surface area contributed by atoms with Crippen molar-refractivity contribution < 1.29 is 14.4 Å². The molecule has 0 atom stereocenters. The summed E-state index contributed by atoms with van der Waals surface area (Å²) in [5.41, 5.74) is 2.92. The van der Waals surface area contributed by atoms with Crippen LogP contribution in [0.3, 0.4) is 0 Å². The molecule has 1 saturated heterocycles. The molecule has 3 amide bonds. The molecule has 6 heteroatoms. The largest absolute Gasteiger partial charge is 0.352 e. The van der Waals surface area contributed by atoms with Crippen molar-refractivity contribution in [2.24, 2.45) is 0 Å². The maximum Gasteiger partial charge on any atom is 0.251 e. The average Bonchev–Trinajstić information content (AvgIpc) is 2.78. The number of amides is 3. The van der Waals surface area contributed by atoms with Gasteiger partial charge in [0.2, 0.25) is 11.8 Å². The third kappa shape index (κ3) is 6.44. The number of likely N-dealkylation sites (tertiary alicyclic amines) is 1. The quantitative estimate of drug-likeness (QED) is 0.740. The molecule has 1 aliphatic heterocycles. The van der Waals surface area contributed by atoms with Crippen molar-refractivity contribution in [2.75, 3.05) is 19.6 Å². The molecule has 0 spiro atoms. The van der Waals surface area contributed by atoms with Gasteiger partial charge in [0.25, 0.3) is 5.91 Å². The molecule has 1 aliphatic rings. The smallest absolute Gasteiger partial charge is 0.251 e. The van der Waals surface area contributed by atoms with E-state index < -0.39 is 0 Å². The summed E-state index contributed by atoms with van der Waals surface area (Å²) < 4.78 is 0. The first kappa shape index (κ1) is 21.6. The Bertz CT molecular complexity index is 857. The average molecular weight is 408 g/mol. The molecular weight excluding hydrogens is 378 g/mol. The van der Waals surface area contributed by atoms with Crippen molar-refractivity contribution >= 4 is 17.7 Å². The highest BCUT2D eigenvalue weighted by atomic mass is 16.2. The van der Waals surface area contributed by atoms with Gasteiger partial charge in [-0.3, -0.25) is 14.4 Å². The number of carbonyl (C=O) groups excluding carboxylic acids is 3. The zero-order valence-corrected chi connectivity index (χ0v) is 17.4. The summed E-state index contributed by atoms with van der Waals surface area (Å²) in [5.74, 6) is -0.307. The number of nitrogens with one attached hydrogen (secondary N) is 2. The molecule has 158 valence electrons. The molecule has 2 aromatic carbocycles. The first-order valence-corrected chi connectivity index (χ1v) is 10.5. The van der Waals surface area contributed by atoms with Crippen LogP contribution in [0.5, 0.6) is 0 Å². The minimum Gasteiger partial charge on any atom is -0.352 e. The first-order chi connectivity index (χ1) is 14.5. The molecule has 2 aromatic rings. The number of hydrogen-bond acceptors (Lipinski definition) is 3. The van der Waals surface area contributed by atoms with Gasteiger partial charge in [-0.05, 0) is 43.9 Å². The van der Waals surface area contributed by atoms with Crippen molar-refractivity contribution in [1.29, 1.82) is 0 Å². The van der Waals surface area contributed by atoms with Crippen molar-refractivity contribution in [3.63, 3.8) is 0 Å². The molecule has 1 heterocycles. The minimum atomic E-state index is -0.264. The van der Waals surface area contributed by atoms with Crippen LogP contribution in [0.2, 0.25) is 0 Å². The lowest BCUT2D eigenvalue weighted by Gasteiger charge is -2.32. The highest BCUT2D eigenvalue weighted by Gasteiger charge is 2.23. The van der Waals surface area contributed by atoms with Crippen LogP contribution in [0.25, 0.3) is 0 Å². The van der Waals surface area contributed by atoms with E-state index in [0.29, 0.717) is 25.1 Å². The van der Waals surface area contributed by atoms with Crippen molar-refractivity contribution in [2.45, 2.75) is 38.6 Å². The van der Waals surface area contributed by atoms with Gasteiger partial charge in [0.15, 0.2) is 0 Å². The Morgan fingerprint density at radius 1 is 0.967 bits per heavy atom. The van der Waals surface area contributed by atoms with E-state index in [1.54, 1.807) is 24.3 Å². The lowest BCUT2D eigenvalue weighted by molar-refractivity contribution is -0.132. The Morgan fingerprint density at radius 2 is 1.63 bits per heavy atom. The van der Waals surface area contributed by atoms with Gasteiger partial charge >= 0.3 is 0 Å². The van der Waals surface area contributed by atoms with Gasteiger partial charge in [0, 0.05) is 31.1 Å². The normalized spacial score (nSPS) is 14.2. The summed E-state index contributed by atoms with van der Waals surface area (Å²) in [6.45, 7) is 3.29. The van der Waals surface area contributed by atoms with Crippen LogP contribution in [0, 0.1) is 6.92 Å². The Balaban J connectivity index is 1.34. The maximum absolute atomic E-state index is 12.5. The van der Waals surface area contributed by atoms with E-state index in [9.17, 15) is 14.4 Å². The molecular formula is C24H29N3O3. The van der Waals surface area contributed by atoms with Crippen molar-refractivity contribution in [3.05, 3.63) is 71.3 Å². The zero-order chi connectivity index (χ0) is 21.3. The second-order valence-electron chi connectivity index (χ2n) is 7.76. The summed E-state index contributed by atoms with van der Waals surface area (Å²) in [6.07, 6.45) is 2.71. The van der Waals surface area contributed by atoms with Crippen LogP contribution in [-0.2, 0) is 16.0 Å². The van der Waals surface area contributed by atoms with Crippen LogP contribution < -0.4 is 10.6 Å². The Kier molecular flexibility index (Phi) is 7.60. The highest BCUT2D eigenvalue weighted by Crippen LogP contribution is 2.13. The van der Waals surface area contributed by atoms with Gasteiger partial charge < -0.3 is 15.5 Å². The summed E-state index contributed by atoms with van der Waals surface area (Å²) in [6, 6.07) is 17.1. The minimum absolute atomic E-state index is 0.0345. The van der Waals surface area contributed by atoms with Crippen LogP contribution >= 0.6 is 0 Å². The van der Waals surface area contributed by atoms with Gasteiger partial charge in [0.05, 0.1) is 6.54 Å². The third-order valence-corrected chi connectivity index (χ3v) is 5.41. The van der Waals surface area contributed by atoms with Crippen LogP contribution in [0.1, 0.15) is 40.7 Å². The van der Waals surface area contributed by atoms with E-state index in [-0.39, 0.29) is 30.3 Å². The first-order valence-electron chi connectivity index (χ1n) is 10.5. The van der Waals surface area contributed by atoms with Crippen molar-refractivity contribution in [3.8, 4) is 0 Å². The molecule has 30 heavy (non-hydrogen) atoms. The predicted octanol–water partition coefficient (Wildman–Crippen LogP) is 2.46. The zero-order valence-electron chi connectivity index (χ0n) is 17.4. The van der Waals surface area contributed by atoms with E-state index in [1.807, 2.05) is 11.0 Å². The Morgan fingerprint density at radius 3 is 2.30 bits per heavy atom. The molecule has 0 saturated carbocycles. The lowest BCUT2D eigenvalue weighted by atomic mass is 10.0. The van der Waals surface area contributed by atoms with Crippen LogP contribution in [0.4, 0.5) is 0 Å². The molecule has 0 aromatic heterocycles. The molecule has 0 unspecified atom stereocenters. The number of benzene rings is 2. The summed E-state index contributed by atoms with van der Waals surface area (Å²) in [4.78, 5) is 38.5. The van der Waals surface area contributed by atoms with Crippen LogP contribution in [0.15, 0.2) is 54.6 Å². The number of rotatable bonds is 7. The van der Waals surface area contributed by atoms with E-state index in [0.717, 1.165) is 19.3 Å². The number of carbonyl (C=O) groups is 3. The second-order valence-corrected chi connectivity index (χ2v) is 7.76. The molecule has 1 fully saturated rings. The van der Waals surface area contributed by atoms with Gasteiger partial charge in [-0.15, -0.1) is 0 Å². The van der Waals surface area contributed by atoms with E-state index in [4.69, 9.17) is 0 Å². The Labute approximate surface area is 177 Å².